The van der Waals surface area contributed by atoms with E-state index in [4.69, 9.17) is 23.2 Å². The van der Waals surface area contributed by atoms with Crippen molar-refractivity contribution in [2.45, 2.75) is 39.3 Å². The monoisotopic (exact) mass is 513 g/mol. The zero-order valence-corrected chi connectivity index (χ0v) is 21.3. The second-order valence-electron chi connectivity index (χ2n) is 7.58. The molecule has 2 aromatic rings. The fraction of sp³-hybridized carbons (Fsp3) is 0.391. The van der Waals surface area contributed by atoms with E-state index in [0.717, 1.165) is 17.0 Å². The Balaban J connectivity index is 2.43. The van der Waals surface area contributed by atoms with Crippen LogP contribution in [-0.4, -0.2) is 50.5 Å². The Bertz CT molecular complexity index is 1060. The van der Waals surface area contributed by atoms with Gasteiger partial charge in [0.05, 0.1) is 11.9 Å². The van der Waals surface area contributed by atoms with E-state index in [1.807, 2.05) is 6.92 Å². The summed E-state index contributed by atoms with van der Waals surface area (Å²) in [6.07, 6.45) is 2.13. The van der Waals surface area contributed by atoms with E-state index >= 15 is 0 Å². The molecule has 10 heteroatoms. The van der Waals surface area contributed by atoms with Gasteiger partial charge in [0.15, 0.2) is 0 Å². The highest BCUT2D eigenvalue weighted by atomic mass is 35.5. The Kier molecular flexibility index (Phi) is 10.0. The lowest BCUT2D eigenvalue weighted by Gasteiger charge is -2.33. The second kappa shape index (κ2) is 12.3. The molecule has 0 bridgehead atoms. The number of hydrogen-bond donors (Lipinski definition) is 1. The van der Waals surface area contributed by atoms with Crippen molar-refractivity contribution in [3.8, 4) is 0 Å². The minimum Gasteiger partial charge on any atom is -0.354 e. The number of amides is 2. The van der Waals surface area contributed by atoms with Gasteiger partial charge in [0, 0.05) is 23.1 Å². The highest BCUT2D eigenvalue weighted by Gasteiger charge is 2.31. The fourth-order valence-corrected chi connectivity index (χ4v) is 4.64. The first-order chi connectivity index (χ1) is 15.6. The average molecular weight is 514 g/mol. The molecule has 0 aliphatic carbocycles. The minimum atomic E-state index is -3.76. The Hall–Kier alpha value is -2.29. The van der Waals surface area contributed by atoms with Gasteiger partial charge in [-0.25, -0.2) is 8.42 Å². The molecule has 2 rings (SSSR count). The number of rotatable bonds is 11. The molecule has 180 valence electrons. The third-order valence-electron chi connectivity index (χ3n) is 5.01. The maximum atomic E-state index is 13.5. The molecule has 1 unspecified atom stereocenters. The van der Waals surface area contributed by atoms with Crippen LogP contribution in [0.3, 0.4) is 0 Å². The van der Waals surface area contributed by atoms with Crippen LogP contribution in [0.5, 0.6) is 0 Å². The topological polar surface area (TPSA) is 86.8 Å². The van der Waals surface area contributed by atoms with Crippen molar-refractivity contribution >= 4 is 50.7 Å². The molecule has 0 aromatic heterocycles. The number of hydrogen-bond acceptors (Lipinski definition) is 4. The van der Waals surface area contributed by atoms with E-state index < -0.39 is 28.5 Å². The summed E-state index contributed by atoms with van der Waals surface area (Å²) in [4.78, 5) is 27.8. The van der Waals surface area contributed by atoms with E-state index in [1.165, 1.54) is 4.90 Å². The molecule has 33 heavy (non-hydrogen) atoms. The first-order valence-corrected chi connectivity index (χ1v) is 13.2. The van der Waals surface area contributed by atoms with E-state index in [1.54, 1.807) is 55.5 Å². The summed E-state index contributed by atoms with van der Waals surface area (Å²) in [5.41, 5.74) is 0.961. The normalized spacial score (nSPS) is 12.2. The van der Waals surface area contributed by atoms with E-state index in [-0.39, 0.29) is 12.5 Å². The number of anilines is 1. The predicted octanol–water partition coefficient (Wildman–Crippen LogP) is 4.09. The molecule has 1 N–H and O–H groups in total. The smallest absolute Gasteiger partial charge is 0.244 e. The summed E-state index contributed by atoms with van der Waals surface area (Å²) in [6.45, 7) is 3.77. The molecule has 0 aliphatic heterocycles. The van der Waals surface area contributed by atoms with Crippen molar-refractivity contribution in [3.63, 3.8) is 0 Å². The lowest BCUT2D eigenvalue weighted by molar-refractivity contribution is -0.140. The molecule has 0 aliphatic rings. The molecule has 7 nitrogen and oxygen atoms in total. The molecule has 0 saturated carbocycles. The average Bonchev–Trinajstić information content (AvgIpc) is 2.76. The van der Waals surface area contributed by atoms with Gasteiger partial charge in [-0.3, -0.25) is 13.9 Å². The lowest BCUT2D eigenvalue weighted by atomic mass is 10.1. The number of carbonyl (C=O) groups is 2. The molecule has 0 heterocycles. The number of carbonyl (C=O) groups excluding carboxylic acids is 2. The van der Waals surface area contributed by atoms with Gasteiger partial charge < -0.3 is 10.2 Å². The molecule has 0 saturated heterocycles. The molecule has 0 spiro atoms. The Morgan fingerprint density at radius 1 is 1.06 bits per heavy atom. The number of halogens is 2. The van der Waals surface area contributed by atoms with Crippen molar-refractivity contribution in [2.75, 3.05) is 23.7 Å². The van der Waals surface area contributed by atoms with Gasteiger partial charge >= 0.3 is 0 Å². The minimum absolute atomic E-state index is 0.0271. The highest BCUT2D eigenvalue weighted by molar-refractivity contribution is 7.92. The third-order valence-corrected chi connectivity index (χ3v) is 6.74. The van der Waals surface area contributed by atoms with Crippen LogP contribution in [0.1, 0.15) is 32.3 Å². The van der Waals surface area contributed by atoms with Crippen LogP contribution in [0.25, 0.3) is 0 Å². The van der Waals surface area contributed by atoms with Crippen LogP contribution in [0.4, 0.5) is 5.69 Å². The van der Waals surface area contributed by atoms with Crippen LogP contribution in [0.15, 0.2) is 48.5 Å². The summed E-state index contributed by atoms with van der Waals surface area (Å²) in [6, 6.07) is 12.5. The summed E-state index contributed by atoms with van der Waals surface area (Å²) in [5.74, 6) is -0.822. The van der Waals surface area contributed by atoms with Gasteiger partial charge in [0.2, 0.25) is 21.8 Å². The number of para-hydroxylation sites is 1. The number of benzene rings is 2. The predicted molar refractivity (Wildman–Crippen MR) is 133 cm³/mol. The number of nitrogens with one attached hydrogen (secondary N) is 1. The molecule has 0 radical (unpaired) electrons. The Morgan fingerprint density at radius 2 is 1.73 bits per heavy atom. The largest absolute Gasteiger partial charge is 0.354 e. The quantitative estimate of drug-likeness (QED) is 0.490. The van der Waals surface area contributed by atoms with E-state index in [9.17, 15) is 18.0 Å². The number of nitrogens with zero attached hydrogens (tertiary/aromatic N) is 2. The molecule has 0 fully saturated rings. The van der Waals surface area contributed by atoms with Crippen molar-refractivity contribution in [3.05, 3.63) is 64.1 Å². The standard InChI is InChI=1S/C23H29Cl2N3O4S/c1-4-13-26-23(30)21(5-2)27(15-17-11-12-18(24)14-20(17)25)22(29)16-28(33(3,31)32)19-9-7-6-8-10-19/h6-12,14,21H,4-5,13,15-16H2,1-3H3,(H,26,30). The van der Waals surface area contributed by atoms with Crippen LogP contribution >= 0.6 is 23.2 Å². The lowest BCUT2D eigenvalue weighted by Crippen LogP contribution is -2.52. The van der Waals surface area contributed by atoms with Gasteiger partial charge in [0.25, 0.3) is 0 Å². The maximum Gasteiger partial charge on any atom is 0.244 e. The van der Waals surface area contributed by atoms with Crippen molar-refractivity contribution in [1.29, 1.82) is 0 Å². The Labute approximate surface area is 205 Å². The van der Waals surface area contributed by atoms with Crippen molar-refractivity contribution < 1.29 is 18.0 Å². The molecular formula is C23H29Cl2N3O4S. The third kappa shape index (κ3) is 7.62. The first-order valence-electron chi connectivity index (χ1n) is 10.6. The van der Waals surface area contributed by atoms with Crippen molar-refractivity contribution in [1.82, 2.24) is 10.2 Å². The molecule has 1 atom stereocenters. The SMILES string of the molecule is CCCNC(=O)C(CC)N(Cc1ccc(Cl)cc1Cl)C(=O)CN(c1ccccc1)S(C)(=O)=O. The number of sulfonamides is 1. The van der Waals surface area contributed by atoms with E-state index in [0.29, 0.717) is 34.3 Å². The van der Waals surface area contributed by atoms with E-state index in [2.05, 4.69) is 5.32 Å². The fourth-order valence-electron chi connectivity index (χ4n) is 3.33. The zero-order chi connectivity index (χ0) is 24.6. The molecule has 2 amide bonds. The maximum absolute atomic E-state index is 13.5. The highest BCUT2D eigenvalue weighted by Crippen LogP contribution is 2.24. The summed E-state index contributed by atoms with van der Waals surface area (Å²) in [5, 5.41) is 3.62. The first kappa shape index (κ1) is 27.0. The van der Waals surface area contributed by atoms with Gasteiger partial charge in [0.1, 0.15) is 12.6 Å². The van der Waals surface area contributed by atoms with Crippen LogP contribution in [0.2, 0.25) is 10.0 Å². The van der Waals surface area contributed by atoms with Crippen molar-refractivity contribution in [2.24, 2.45) is 0 Å². The van der Waals surface area contributed by atoms with Gasteiger partial charge in [-0.05, 0) is 42.7 Å². The zero-order valence-electron chi connectivity index (χ0n) is 18.9. The second-order valence-corrected chi connectivity index (χ2v) is 10.3. The molecule has 2 aromatic carbocycles. The Morgan fingerprint density at radius 3 is 2.27 bits per heavy atom. The summed E-state index contributed by atoms with van der Waals surface area (Å²) in [7, 11) is -3.76. The van der Waals surface area contributed by atoms with Gasteiger partial charge in [-0.15, -0.1) is 0 Å². The van der Waals surface area contributed by atoms with Crippen LogP contribution in [-0.2, 0) is 26.2 Å². The summed E-state index contributed by atoms with van der Waals surface area (Å²) >= 11 is 12.3. The van der Waals surface area contributed by atoms with Gasteiger partial charge in [-0.1, -0.05) is 61.3 Å². The summed E-state index contributed by atoms with van der Waals surface area (Å²) < 4.78 is 26.0. The van der Waals surface area contributed by atoms with Crippen LogP contribution < -0.4 is 9.62 Å². The molecular weight excluding hydrogens is 485 g/mol. The van der Waals surface area contributed by atoms with Gasteiger partial charge in [-0.2, -0.15) is 0 Å². The van der Waals surface area contributed by atoms with Crippen LogP contribution in [0, 0.1) is 0 Å².